The monoisotopic (exact) mass is 339 g/mol. The van der Waals surface area contributed by atoms with E-state index in [4.69, 9.17) is 4.74 Å². The maximum Gasteiger partial charge on any atom is 0.308 e. The van der Waals surface area contributed by atoms with Gasteiger partial charge in [-0.05, 0) is 32.4 Å². The zero-order valence-corrected chi connectivity index (χ0v) is 14.6. The molecule has 7 heteroatoms. The van der Waals surface area contributed by atoms with Gasteiger partial charge in [0.2, 0.25) is 11.8 Å². The maximum absolute atomic E-state index is 12.6. The molecule has 1 unspecified atom stereocenters. The quantitative estimate of drug-likeness (QED) is 0.541. The van der Waals surface area contributed by atoms with Gasteiger partial charge in [-0.1, -0.05) is 19.8 Å². The van der Waals surface area contributed by atoms with Crippen molar-refractivity contribution >= 4 is 17.8 Å². The summed E-state index contributed by atoms with van der Waals surface area (Å²) >= 11 is 0. The summed E-state index contributed by atoms with van der Waals surface area (Å²) in [6.07, 6.45) is 5.12. The first kappa shape index (κ1) is 18.7. The Labute approximate surface area is 143 Å². The fraction of sp³-hybridized carbons (Fsp3) is 0.824. The van der Waals surface area contributed by atoms with Crippen LogP contribution in [0.15, 0.2) is 0 Å². The van der Waals surface area contributed by atoms with Crippen molar-refractivity contribution in [2.45, 2.75) is 51.5 Å². The van der Waals surface area contributed by atoms with Crippen molar-refractivity contribution in [3.63, 3.8) is 0 Å². The number of ether oxygens (including phenoxy) is 1. The van der Waals surface area contributed by atoms with Crippen LogP contribution in [-0.2, 0) is 19.1 Å². The number of hydrogen-bond donors (Lipinski definition) is 1. The number of piperidine rings is 1. The Balaban J connectivity index is 1.90. The summed E-state index contributed by atoms with van der Waals surface area (Å²) < 4.78 is 5.14. The number of nitrogens with one attached hydrogen (secondary N) is 1. The molecule has 0 radical (unpaired) electrons. The third kappa shape index (κ3) is 5.47. The molecule has 24 heavy (non-hydrogen) atoms. The fourth-order valence-electron chi connectivity index (χ4n) is 3.16. The predicted molar refractivity (Wildman–Crippen MR) is 89.3 cm³/mol. The number of nitrogens with zero attached hydrogens (tertiary/aromatic N) is 2. The van der Waals surface area contributed by atoms with Crippen molar-refractivity contribution in [1.82, 2.24) is 15.1 Å². The summed E-state index contributed by atoms with van der Waals surface area (Å²) in [5, 5.41) is 2.74. The summed E-state index contributed by atoms with van der Waals surface area (Å²) in [5.41, 5.74) is 0. The standard InChI is InChI=1S/C17H29N3O4/c1-2-3-11-24-16(22)12-14-17(23)18-7-10-20(14)15(21)13-19-8-5-4-6-9-19/h14H,2-13H2,1H3,(H,18,23). The minimum absolute atomic E-state index is 0.0682. The molecule has 0 aromatic carbocycles. The SMILES string of the molecule is CCCCOC(=O)CC1C(=O)NCCN1C(=O)CN1CCCCC1. The molecule has 0 aromatic rings. The topological polar surface area (TPSA) is 79.0 Å². The second kappa shape index (κ2) is 9.61. The minimum Gasteiger partial charge on any atom is -0.466 e. The number of amides is 2. The van der Waals surface area contributed by atoms with Gasteiger partial charge in [-0.15, -0.1) is 0 Å². The van der Waals surface area contributed by atoms with Crippen LogP contribution >= 0.6 is 0 Å². The van der Waals surface area contributed by atoms with Crippen LogP contribution in [0.5, 0.6) is 0 Å². The lowest BCUT2D eigenvalue weighted by atomic mass is 10.1. The van der Waals surface area contributed by atoms with Gasteiger partial charge in [0.25, 0.3) is 0 Å². The fourth-order valence-corrected chi connectivity index (χ4v) is 3.16. The molecule has 0 saturated carbocycles. The molecule has 2 amide bonds. The molecule has 1 atom stereocenters. The minimum atomic E-state index is -0.745. The van der Waals surface area contributed by atoms with Crippen LogP contribution in [0.25, 0.3) is 0 Å². The van der Waals surface area contributed by atoms with Crippen molar-refractivity contribution in [3.05, 3.63) is 0 Å². The highest BCUT2D eigenvalue weighted by Crippen LogP contribution is 2.13. The van der Waals surface area contributed by atoms with Crippen LogP contribution in [0.1, 0.15) is 45.4 Å². The van der Waals surface area contributed by atoms with E-state index in [0.717, 1.165) is 38.8 Å². The Bertz CT molecular complexity index is 449. The van der Waals surface area contributed by atoms with Gasteiger partial charge in [-0.3, -0.25) is 19.3 Å². The summed E-state index contributed by atoms with van der Waals surface area (Å²) in [4.78, 5) is 40.4. The molecule has 2 aliphatic rings. The summed E-state index contributed by atoms with van der Waals surface area (Å²) in [5.74, 6) is -0.750. The van der Waals surface area contributed by atoms with Crippen LogP contribution in [0, 0.1) is 0 Å². The molecule has 2 aliphatic heterocycles. The number of piperazine rings is 1. The number of carbonyl (C=O) groups is 3. The number of unbranched alkanes of at least 4 members (excludes halogenated alkanes) is 1. The number of likely N-dealkylation sites (tertiary alicyclic amines) is 1. The predicted octanol–water partition coefficient (Wildman–Crippen LogP) is 0.533. The third-order valence-electron chi connectivity index (χ3n) is 4.58. The molecule has 2 heterocycles. The molecule has 0 spiro atoms. The van der Waals surface area contributed by atoms with Crippen LogP contribution in [0.4, 0.5) is 0 Å². The Morgan fingerprint density at radius 3 is 2.67 bits per heavy atom. The Morgan fingerprint density at radius 1 is 1.21 bits per heavy atom. The lowest BCUT2D eigenvalue weighted by molar-refractivity contribution is -0.152. The lowest BCUT2D eigenvalue weighted by Crippen LogP contribution is -2.59. The summed E-state index contributed by atoms with van der Waals surface area (Å²) in [7, 11) is 0. The van der Waals surface area contributed by atoms with Crippen LogP contribution in [0.2, 0.25) is 0 Å². The molecule has 1 N–H and O–H groups in total. The first-order valence-corrected chi connectivity index (χ1v) is 9.07. The normalized spacial score (nSPS) is 22.1. The van der Waals surface area contributed by atoms with E-state index in [9.17, 15) is 14.4 Å². The molecular formula is C17H29N3O4. The maximum atomic E-state index is 12.6. The van der Waals surface area contributed by atoms with Gasteiger partial charge >= 0.3 is 5.97 Å². The number of esters is 1. The molecule has 2 saturated heterocycles. The van der Waals surface area contributed by atoms with Crippen LogP contribution in [-0.4, -0.2) is 73.0 Å². The molecule has 0 bridgehead atoms. The smallest absolute Gasteiger partial charge is 0.308 e. The van der Waals surface area contributed by atoms with E-state index in [1.54, 1.807) is 4.90 Å². The van der Waals surface area contributed by atoms with E-state index in [-0.39, 0.29) is 18.2 Å². The van der Waals surface area contributed by atoms with Gasteiger partial charge in [-0.25, -0.2) is 0 Å². The second-order valence-corrected chi connectivity index (χ2v) is 6.51. The van der Waals surface area contributed by atoms with E-state index < -0.39 is 12.0 Å². The lowest BCUT2D eigenvalue weighted by Gasteiger charge is -2.36. The van der Waals surface area contributed by atoms with Gasteiger partial charge in [0.1, 0.15) is 6.04 Å². The summed E-state index contributed by atoms with van der Waals surface area (Å²) in [6.45, 7) is 5.45. The average molecular weight is 339 g/mol. The van der Waals surface area contributed by atoms with Crippen LogP contribution in [0.3, 0.4) is 0 Å². The molecule has 0 aromatic heterocycles. The van der Waals surface area contributed by atoms with Gasteiger partial charge in [-0.2, -0.15) is 0 Å². The van der Waals surface area contributed by atoms with Gasteiger partial charge < -0.3 is 15.0 Å². The van der Waals surface area contributed by atoms with Crippen molar-refractivity contribution in [2.75, 3.05) is 39.3 Å². The van der Waals surface area contributed by atoms with E-state index >= 15 is 0 Å². The Morgan fingerprint density at radius 2 is 1.96 bits per heavy atom. The highest BCUT2D eigenvalue weighted by Gasteiger charge is 2.35. The molecule has 136 valence electrons. The van der Waals surface area contributed by atoms with Crippen molar-refractivity contribution in [3.8, 4) is 0 Å². The van der Waals surface area contributed by atoms with Crippen molar-refractivity contribution in [1.29, 1.82) is 0 Å². The third-order valence-corrected chi connectivity index (χ3v) is 4.58. The average Bonchev–Trinajstić information content (AvgIpc) is 2.58. The zero-order valence-electron chi connectivity index (χ0n) is 14.6. The number of hydrogen-bond acceptors (Lipinski definition) is 5. The van der Waals surface area contributed by atoms with Gasteiger partial charge in [0.05, 0.1) is 19.6 Å². The van der Waals surface area contributed by atoms with Gasteiger partial charge in [0.15, 0.2) is 0 Å². The highest BCUT2D eigenvalue weighted by molar-refractivity contribution is 5.92. The molecule has 7 nitrogen and oxygen atoms in total. The second-order valence-electron chi connectivity index (χ2n) is 6.51. The van der Waals surface area contributed by atoms with E-state index in [1.807, 2.05) is 6.92 Å². The van der Waals surface area contributed by atoms with E-state index in [0.29, 0.717) is 26.2 Å². The molecular weight excluding hydrogens is 310 g/mol. The van der Waals surface area contributed by atoms with Crippen molar-refractivity contribution < 1.29 is 19.1 Å². The van der Waals surface area contributed by atoms with Crippen LogP contribution < -0.4 is 5.32 Å². The number of carbonyl (C=O) groups excluding carboxylic acids is 3. The van der Waals surface area contributed by atoms with Crippen molar-refractivity contribution in [2.24, 2.45) is 0 Å². The molecule has 2 fully saturated rings. The highest BCUT2D eigenvalue weighted by atomic mass is 16.5. The number of rotatable bonds is 7. The first-order chi connectivity index (χ1) is 11.6. The van der Waals surface area contributed by atoms with E-state index in [1.165, 1.54) is 6.42 Å². The summed E-state index contributed by atoms with van der Waals surface area (Å²) in [6, 6.07) is -0.745. The first-order valence-electron chi connectivity index (χ1n) is 9.07. The molecule has 0 aliphatic carbocycles. The molecule has 2 rings (SSSR count). The van der Waals surface area contributed by atoms with Gasteiger partial charge in [0, 0.05) is 13.1 Å². The largest absolute Gasteiger partial charge is 0.466 e. The van der Waals surface area contributed by atoms with E-state index in [2.05, 4.69) is 10.2 Å². The Hall–Kier alpha value is -1.63. The Kier molecular flexibility index (Phi) is 7.49. The zero-order chi connectivity index (χ0) is 17.4.